The highest BCUT2D eigenvalue weighted by atomic mass is 16.5. The second kappa shape index (κ2) is 16.8. The monoisotopic (exact) mass is 671 g/mol. The average molecular weight is 672 g/mol. The lowest BCUT2D eigenvalue weighted by Crippen LogP contribution is -2.49. The number of aromatic nitrogens is 7. The van der Waals surface area contributed by atoms with Crippen LogP contribution in [0, 0.1) is 0 Å². The third-order valence-corrected chi connectivity index (χ3v) is 8.52. The van der Waals surface area contributed by atoms with Crippen LogP contribution >= 0.6 is 0 Å². The summed E-state index contributed by atoms with van der Waals surface area (Å²) in [7, 11) is 10.4. The number of piperazine rings is 2. The standard InChI is InChI=1S/C30H49N13O5/c1-37-7-8-43(21-23(37)44)27-25-24(32-30(35-27)42(15-19-47-5)16-20-48-6)26(34-29(33-25)41(13-17-45-3)14-18-46-4)39-9-11-40(12-10-39)28-31-22-38(2)36-28/h22H,7-21H2,1-6H3. The van der Waals surface area contributed by atoms with E-state index in [9.17, 15) is 4.79 Å². The molecule has 5 heterocycles. The minimum Gasteiger partial charge on any atom is -0.383 e. The summed E-state index contributed by atoms with van der Waals surface area (Å²) < 4.78 is 23.5. The Balaban J connectivity index is 1.66. The number of amides is 1. The SMILES string of the molecule is COCCN(CCOC)c1nc(N2CCN(C)C(=O)C2)c2nc(N(CCOC)CCOC)nc(N3CCN(c4ncn(C)n4)CC3)c2n1. The van der Waals surface area contributed by atoms with Gasteiger partial charge in [0, 0.05) is 108 Å². The molecule has 18 nitrogen and oxygen atoms in total. The molecule has 2 aliphatic rings. The number of ether oxygens (including phenoxy) is 4. The lowest BCUT2D eigenvalue weighted by atomic mass is 10.2. The predicted octanol–water partition coefficient (Wildman–Crippen LogP) is -0.648. The summed E-state index contributed by atoms with van der Waals surface area (Å²) in [6, 6.07) is 0. The van der Waals surface area contributed by atoms with Crippen molar-refractivity contribution in [2.75, 3.05) is 158 Å². The van der Waals surface area contributed by atoms with Gasteiger partial charge in [0.15, 0.2) is 11.6 Å². The summed E-state index contributed by atoms with van der Waals surface area (Å²) in [6.45, 7) is 8.25. The van der Waals surface area contributed by atoms with Gasteiger partial charge in [-0.1, -0.05) is 0 Å². The highest BCUT2D eigenvalue weighted by Gasteiger charge is 2.30. The molecule has 3 aromatic heterocycles. The topological polar surface area (TPSA) is 156 Å². The summed E-state index contributed by atoms with van der Waals surface area (Å²) >= 11 is 0. The van der Waals surface area contributed by atoms with Gasteiger partial charge < -0.3 is 48.3 Å². The van der Waals surface area contributed by atoms with Crippen molar-refractivity contribution in [3.63, 3.8) is 0 Å². The third-order valence-electron chi connectivity index (χ3n) is 8.52. The van der Waals surface area contributed by atoms with Gasteiger partial charge in [0.2, 0.25) is 23.8 Å². The molecule has 0 saturated carbocycles. The number of aryl methyl sites for hydroxylation is 1. The van der Waals surface area contributed by atoms with E-state index in [4.69, 9.17) is 38.9 Å². The van der Waals surface area contributed by atoms with Crippen LogP contribution in [0.2, 0.25) is 0 Å². The Bertz CT molecular complexity index is 1470. The fourth-order valence-corrected chi connectivity index (χ4v) is 5.65. The number of rotatable bonds is 17. The predicted molar refractivity (Wildman–Crippen MR) is 182 cm³/mol. The van der Waals surface area contributed by atoms with Crippen LogP contribution in [0.3, 0.4) is 0 Å². The molecule has 1 amide bonds. The molecule has 3 aromatic rings. The first-order valence-corrected chi connectivity index (χ1v) is 16.3. The van der Waals surface area contributed by atoms with Crippen molar-refractivity contribution >= 4 is 46.4 Å². The molecule has 0 atom stereocenters. The van der Waals surface area contributed by atoms with E-state index in [1.54, 1.807) is 44.3 Å². The smallest absolute Gasteiger partial charge is 0.244 e. The maximum absolute atomic E-state index is 13.0. The van der Waals surface area contributed by atoms with E-state index >= 15 is 0 Å². The van der Waals surface area contributed by atoms with Crippen LogP contribution in [-0.4, -0.2) is 179 Å². The molecular weight excluding hydrogens is 622 g/mol. The molecule has 0 radical (unpaired) electrons. The van der Waals surface area contributed by atoms with Crippen molar-refractivity contribution in [1.29, 1.82) is 0 Å². The van der Waals surface area contributed by atoms with Crippen LogP contribution < -0.4 is 24.5 Å². The number of carbonyl (C=O) groups is 1. The zero-order valence-electron chi connectivity index (χ0n) is 29.0. The summed E-state index contributed by atoms with van der Waals surface area (Å²) in [4.78, 5) is 50.3. The second-order valence-electron chi connectivity index (χ2n) is 11.8. The molecule has 2 saturated heterocycles. The molecule has 0 unspecified atom stereocenters. The number of anilines is 5. The third kappa shape index (κ3) is 8.29. The Morgan fingerprint density at radius 2 is 1.10 bits per heavy atom. The van der Waals surface area contributed by atoms with E-state index in [0.29, 0.717) is 132 Å². The molecule has 0 aliphatic carbocycles. The van der Waals surface area contributed by atoms with Crippen molar-refractivity contribution in [2.45, 2.75) is 0 Å². The quantitative estimate of drug-likeness (QED) is 0.178. The molecule has 0 bridgehead atoms. The van der Waals surface area contributed by atoms with Gasteiger partial charge in [0.05, 0.1) is 33.0 Å². The van der Waals surface area contributed by atoms with E-state index < -0.39 is 0 Å². The van der Waals surface area contributed by atoms with Crippen LogP contribution in [0.4, 0.5) is 29.5 Å². The molecule has 2 fully saturated rings. The first kappa shape index (κ1) is 35.2. The number of fused-ring (bicyclic) bond motifs is 1. The minimum absolute atomic E-state index is 0.0146. The molecule has 18 heteroatoms. The van der Waals surface area contributed by atoms with Gasteiger partial charge >= 0.3 is 0 Å². The van der Waals surface area contributed by atoms with Gasteiger partial charge in [0.1, 0.15) is 17.4 Å². The molecule has 0 spiro atoms. The number of nitrogens with zero attached hydrogens (tertiary/aromatic N) is 13. The first-order chi connectivity index (χ1) is 23.4. The summed E-state index contributed by atoms with van der Waals surface area (Å²) in [5, 5.41) is 4.51. The maximum atomic E-state index is 13.0. The molecule has 2 aliphatic heterocycles. The van der Waals surface area contributed by atoms with Crippen molar-refractivity contribution < 1.29 is 23.7 Å². The van der Waals surface area contributed by atoms with Crippen LogP contribution in [0.5, 0.6) is 0 Å². The number of carbonyl (C=O) groups excluding carboxylic acids is 1. The van der Waals surface area contributed by atoms with E-state index in [2.05, 4.69) is 24.8 Å². The Hall–Kier alpha value is -4.13. The Labute approximate surface area is 281 Å². The van der Waals surface area contributed by atoms with E-state index in [1.807, 2.05) is 23.9 Å². The van der Waals surface area contributed by atoms with Crippen LogP contribution in [-0.2, 0) is 30.8 Å². The zero-order chi connectivity index (χ0) is 34.0. The number of hydrogen-bond donors (Lipinski definition) is 0. The molecule has 264 valence electrons. The average Bonchev–Trinajstić information content (AvgIpc) is 3.55. The molecule has 5 rings (SSSR count). The highest BCUT2D eigenvalue weighted by molar-refractivity contribution is 5.96. The number of methoxy groups -OCH3 is 4. The van der Waals surface area contributed by atoms with Gasteiger partial charge in [-0.25, -0.2) is 15.0 Å². The maximum Gasteiger partial charge on any atom is 0.244 e. The lowest BCUT2D eigenvalue weighted by molar-refractivity contribution is -0.129. The van der Waals surface area contributed by atoms with E-state index in [1.165, 1.54) is 0 Å². The zero-order valence-corrected chi connectivity index (χ0v) is 29.0. The van der Waals surface area contributed by atoms with Gasteiger partial charge in [-0.3, -0.25) is 9.48 Å². The van der Waals surface area contributed by atoms with Crippen LogP contribution in [0.25, 0.3) is 11.0 Å². The Kier molecular flexibility index (Phi) is 12.3. The van der Waals surface area contributed by atoms with Crippen molar-refractivity contribution in [1.82, 2.24) is 39.6 Å². The molecule has 0 N–H and O–H groups in total. The second-order valence-corrected chi connectivity index (χ2v) is 11.8. The van der Waals surface area contributed by atoms with E-state index in [-0.39, 0.29) is 12.5 Å². The van der Waals surface area contributed by atoms with E-state index in [0.717, 1.165) is 0 Å². The van der Waals surface area contributed by atoms with Crippen molar-refractivity contribution in [3.05, 3.63) is 6.33 Å². The summed E-state index contributed by atoms with van der Waals surface area (Å²) in [5.74, 6) is 3.04. The van der Waals surface area contributed by atoms with Crippen LogP contribution in [0.1, 0.15) is 0 Å². The normalized spacial score (nSPS) is 15.6. The number of hydrogen-bond acceptors (Lipinski definition) is 16. The molecular formula is C30H49N13O5. The lowest BCUT2D eigenvalue weighted by Gasteiger charge is -2.36. The molecule has 0 aromatic carbocycles. The van der Waals surface area contributed by atoms with Gasteiger partial charge in [-0.2, -0.15) is 9.97 Å². The van der Waals surface area contributed by atoms with Gasteiger partial charge in [0.25, 0.3) is 0 Å². The Morgan fingerprint density at radius 1 is 0.646 bits per heavy atom. The van der Waals surface area contributed by atoms with Gasteiger partial charge in [-0.15, -0.1) is 5.10 Å². The Morgan fingerprint density at radius 3 is 1.54 bits per heavy atom. The first-order valence-electron chi connectivity index (χ1n) is 16.3. The fraction of sp³-hybridized carbons (Fsp3) is 0.700. The van der Waals surface area contributed by atoms with Crippen molar-refractivity contribution in [3.8, 4) is 0 Å². The van der Waals surface area contributed by atoms with Crippen molar-refractivity contribution in [2.24, 2.45) is 7.05 Å². The largest absolute Gasteiger partial charge is 0.383 e. The molecule has 48 heavy (non-hydrogen) atoms. The number of likely N-dealkylation sites (N-methyl/N-ethyl adjacent to an activating group) is 1. The van der Waals surface area contributed by atoms with Crippen LogP contribution in [0.15, 0.2) is 6.33 Å². The summed E-state index contributed by atoms with van der Waals surface area (Å²) in [5.41, 5.74) is 1.20. The summed E-state index contributed by atoms with van der Waals surface area (Å²) in [6.07, 6.45) is 1.71. The minimum atomic E-state index is 0.0146. The highest BCUT2D eigenvalue weighted by Crippen LogP contribution is 2.34. The fourth-order valence-electron chi connectivity index (χ4n) is 5.65. The van der Waals surface area contributed by atoms with Gasteiger partial charge in [-0.05, 0) is 0 Å².